The van der Waals surface area contributed by atoms with Crippen molar-refractivity contribution in [1.82, 2.24) is 0 Å². The van der Waals surface area contributed by atoms with Crippen LogP contribution in [0.4, 0.5) is 0 Å². The van der Waals surface area contributed by atoms with Crippen LogP contribution in [0.1, 0.15) is 169 Å². The molecule has 0 heterocycles. The van der Waals surface area contributed by atoms with Crippen LogP contribution in [0.3, 0.4) is 0 Å². The quantitative estimate of drug-likeness (QED) is 0.0512. The Morgan fingerprint density at radius 2 is 0.767 bits per heavy atom. The molecule has 0 rings (SSSR count). The van der Waals surface area contributed by atoms with Gasteiger partial charge in [0.15, 0.2) is 0 Å². The van der Waals surface area contributed by atoms with E-state index in [1.807, 2.05) is 0 Å². The number of aliphatic carboxylic acids is 1. The minimum atomic E-state index is -0.713. The lowest BCUT2D eigenvalue weighted by Crippen LogP contribution is -1.99. The van der Waals surface area contributed by atoms with Crippen molar-refractivity contribution in [2.24, 2.45) is 0 Å². The van der Waals surface area contributed by atoms with Crippen LogP contribution in [0.25, 0.3) is 0 Å². The SMILES string of the molecule is C.C.COC(=O)CCCCCCCCC/C=C\CCCC(=O)O.COC(=O)CCCCCCCCC/C=C\CCCCO. The highest BCUT2D eigenvalue weighted by molar-refractivity contribution is 5.69. The second kappa shape index (κ2) is 42.0. The third-order valence-electron chi connectivity index (χ3n) is 6.83. The van der Waals surface area contributed by atoms with Crippen LogP contribution in [-0.4, -0.2) is 48.9 Å². The molecule has 0 bridgehead atoms. The van der Waals surface area contributed by atoms with Crippen molar-refractivity contribution < 1.29 is 34.1 Å². The number of allylic oxidation sites excluding steroid dienone is 4. The molecule has 0 fully saturated rings. The van der Waals surface area contributed by atoms with Gasteiger partial charge >= 0.3 is 17.9 Å². The number of methoxy groups -OCH3 is 2. The monoisotopic (exact) mass is 615 g/mol. The minimum Gasteiger partial charge on any atom is -0.481 e. The average molecular weight is 615 g/mol. The number of carboxylic acids is 1. The molecule has 0 spiro atoms. The maximum absolute atomic E-state index is 10.9. The fourth-order valence-electron chi connectivity index (χ4n) is 4.25. The molecule has 0 radical (unpaired) electrons. The molecule has 0 aliphatic carbocycles. The van der Waals surface area contributed by atoms with Crippen molar-refractivity contribution in [3.05, 3.63) is 24.3 Å². The van der Waals surface area contributed by atoms with Gasteiger partial charge in [-0.25, -0.2) is 0 Å². The lowest BCUT2D eigenvalue weighted by molar-refractivity contribution is -0.141. The molecule has 0 aromatic carbocycles. The first-order valence-electron chi connectivity index (χ1n) is 16.2. The zero-order chi connectivity index (χ0) is 30.7. The average Bonchev–Trinajstić information content (AvgIpc) is 2.97. The van der Waals surface area contributed by atoms with Gasteiger partial charge in [0.25, 0.3) is 0 Å². The van der Waals surface area contributed by atoms with Gasteiger partial charge in [0.1, 0.15) is 0 Å². The number of carbonyl (C=O) groups is 3. The number of esters is 2. The second-order valence-electron chi connectivity index (χ2n) is 10.6. The summed E-state index contributed by atoms with van der Waals surface area (Å²) >= 11 is 0. The number of carbonyl (C=O) groups excluding carboxylic acids is 2. The molecule has 256 valence electrons. The van der Waals surface area contributed by atoms with Crippen molar-refractivity contribution in [1.29, 1.82) is 0 Å². The molecule has 2 N–H and O–H groups in total. The van der Waals surface area contributed by atoms with Gasteiger partial charge in [-0.2, -0.15) is 0 Å². The van der Waals surface area contributed by atoms with Gasteiger partial charge < -0.3 is 19.7 Å². The second-order valence-corrected chi connectivity index (χ2v) is 10.6. The first kappa shape index (κ1) is 47.8. The topological polar surface area (TPSA) is 110 Å². The number of carboxylic acid groups (broad SMARTS) is 1. The van der Waals surface area contributed by atoms with Crippen molar-refractivity contribution >= 4 is 17.9 Å². The zero-order valence-electron chi connectivity index (χ0n) is 26.4. The standard InChI is InChI=1S/C17H30O4.C17H32O3.2CH4/c1-21-17(20)15-13-11-9-7-5-3-2-4-6-8-10-12-14-16(18)19;1-20-17(19)15-13-11-9-7-5-3-2-4-6-8-10-12-14-16-18;;/h6,8H,2-5,7,9-15H2,1H3,(H,18,19);6,8,18H,2-5,7,9-16H2,1H3;2*1H4/b2*8-6-;;. The van der Waals surface area contributed by atoms with Gasteiger partial charge in [-0.3, -0.25) is 14.4 Å². The van der Waals surface area contributed by atoms with Crippen LogP contribution in [0.2, 0.25) is 0 Å². The number of hydrogen-bond acceptors (Lipinski definition) is 6. The van der Waals surface area contributed by atoms with Crippen LogP contribution < -0.4 is 0 Å². The summed E-state index contributed by atoms with van der Waals surface area (Å²) in [6.45, 7) is 0.313. The molecule has 43 heavy (non-hydrogen) atoms. The van der Waals surface area contributed by atoms with E-state index in [-0.39, 0.29) is 33.2 Å². The first-order chi connectivity index (χ1) is 20.0. The van der Waals surface area contributed by atoms with Gasteiger partial charge in [-0.05, 0) is 70.6 Å². The minimum absolute atomic E-state index is 0. The highest BCUT2D eigenvalue weighted by atomic mass is 16.5. The van der Waals surface area contributed by atoms with Crippen molar-refractivity contribution in [2.45, 2.75) is 169 Å². The van der Waals surface area contributed by atoms with E-state index in [0.29, 0.717) is 19.4 Å². The molecule has 0 aromatic heterocycles. The number of aliphatic hydroxyl groups excluding tert-OH is 1. The molecule has 0 atom stereocenters. The lowest BCUT2D eigenvalue weighted by atomic mass is 10.1. The predicted octanol–water partition coefficient (Wildman–Crippen LogP) is 10.1. The third-order valence-corrected chi connectivity index (χ3v) is 6.83. The predicted molar refractivity (Wildman–Crippen MR) is 181 cm³/mol. The molecule has 0 aromatic rings. The summed E-state index contributed by atoms with van der Waals surface area (Å²) in [7, 11) is 2.88. The molecule has 0 unspecified atom stereocenters. The largest absolute Gasteiger partial charge is 0.481 e. The Balaban J connectivity index is -0.000000338. The van der Waals surface area contributed by atoms with Gasteiger partial charge in [0.2, 0.25) is 0 Å². The number of rotatable bonds is 28. The molecule has 0 saturated heterocycles. The normalized spacial score (nSPS) is 10.5. The Hall–Kier alpha value is -2.15. The van der Waals surface area contributed by atoms with Crippen LogP contribution >= 0.6 is 0 Å². The van der Waals surface area contributed by atoms with E-state index < -0.39 is 5.97 Å². The van der Waals surface area contributed by atoms with E-state index in [4.69, 9.17) is 10.2 Å². The Kier molecular flexibility index (Phi) is 46.6. The molecule has 0 amide bonds. The van der Waals surface area contributed by atoms with Crippen molar-refractivity contribution in [3.63, 3.8) is 0 Å². The summed E-state index contributed by atoms with van der Waals surface area (Å²) < 4.78 is 9.20. The smallest absolute Gasteiger partial charge is 0.305 e. The summed E-state index contributed by atoms with van der Waals surface area (Å²) in [6, 6.07) is 0. The summed E-state index contributed by atoms with van der Waals surface area (Å²) in [5.74, 6) is -0.907. The molecule has 7 nitrogen and oxygen atoms in total. The lowest BCUT2D eigenvalue weighted by Gasteiger charge is -2.01. The molecule has 7 heteroatoms. The summed E-state index contributed by atoms with van der Waals surface area (Å²) in [4.78, 5) is 32.1. The number of hydrogen-bond donors (Lipinski definition) is 2. The Bertz CT molecular complexity index is 644. The van der Waals surface area contributed by atoms with E-state index in [1.54, 1.807) is 0 Å². The first-order valence-corrected chi connectivity index (χ1v) is 16.2. The van der Waals surface area contributed by atoms with E-state index in [1.165, 1.54) is 84.8 Å². The van der Waals surface area contributed by atoms with Crippen molar-refractivity contribution in [2.75, 3.05) is 20.8 Å². The molecule has 0 saturated carbocycles. The van der Waals surface area contributed by atoms with E-state index in [9.17, 15) is 14.4 Å². The Morgan fingerprint density at radius 1 is 0.465 bits per heavy atom. The van der Waals surface area contributed by atoms with Gasteiger partial charge in [-0.15, -0.1) is 0 Å². The van der Waals surface area contributed by atoms with E-state index in [0.717, 1.165) is 64.2 Å². The molecular weight excluding hydrogens is 544 g/mol. The summed E-state index contributed by atoms with van der Waals surface area (Å²) in [5.41, 5.74) is 0. The fraction of sp³-hybridized carbons (Fsp3) is 0.806. The zero-order valence-corrected chi connectivity index (χ0v) is 26.4. The highest BCUT2D eigenvalue weighted by Gasteiger charge is 2.00. The van der Waals surface area contributed by atoms with Crippen LogP contribution in [0.5, 0.6) is 0 Å². The fourth-order valence-corrected chi connectivity index (χ4v) is 4.25. The highest BCUT2D eigenvalue weighted by Crippen LogP contribution is 2.12. The summed E-state index contributed by atoms with van der Waals surface area (Å²) in [5, 5.41) is 17.1. The molecule has 0 aliphatic heterocycles. The van der Waals surface area contributed by atoms with Gasteiger partial charge in [0.05, 0.1) is 14.2 Å². The Labute approximate surface area is 265 Å². The van der Waals surface area contributed by atoms with Crippen molar-refractivity contribution in [3.8, 4) is 0 Å². The van der Waals surface area contributed by atoms with Gasteiger partial charge in [-0.1, -0.05) is 103 Å². The number of unbranched alkanes of at least 4 members (excludes halogenated alkanes) is 17. The maximum atomic E-state index is 10.9. The molecule has 0 aliphatic rings. The van der Waals surface area contributed by atoms with Crippen LogP contribution in [0.15, 0.2) is 24.3 Å². The van der Waals surface area contributed by atoms with Gasteiger partial charge in [0, 0.05) is 25.9 Å². The summed E-state index contributed by atoms with van der Waals surface area (Å²) in [6.07, 6.45) is 33.8. The number of aliphatic hydroxyl groups is 1. The maximum Gasteiger partial charge on any atom is 0.305 e. The van der Waals surface area contributed by atoms with Crippen LogP contribution in [-0.2, 0) is 23.9 Å². The Morgan fingerprint density at radius 3 is 1.09 bits per heavy atom. The van der Waals surface area contributed by atoms with E-state index in [2.05, 4.69) is 33.8 Å². The van der Waals surface area contributed by atoms with E-state index >= 15 is 0 Å². The number of ether oxygens (including phenoxy) is 2. The third kappa shape index (κ3) is 47.0. The molecular formula is C36H70O7. The van der Waals surface area contributed by atoms with Crippen LogP contribution in [0, 0.1) is 0 Å².